The van der Waals surface area contributed by atoms with Gasteiger partial charge in [0, 0.05) is 11.4 Å². The van der Waals surface area contributed by atoms with Crippen LogP contribution in [0.5, 0.6) is 0 Å². The largest absolute Gasteiger partial charge is 0.359 e. The molecule has 0 unspecified atom stereocenters. The SMILES string of the molecule is Cc1cc(C)c(/C=C(/C#N)S(=O)(=O)c2ccccc2)[nH]1. The lowest BCUT2D eigenvalue weighted by Crippen LogP contribution is -2.03. The van der Waals surface area contributed by atoms with Gasteiger partial charge in [0.1, 0.15) is 6.07 Å². The van der Waals surface area contributed by atoms with E-state index in [4.69, 9.17) is 0 Å². The Morgan fingerprint density at radius 2 is 1.90 bits per heavy atom. The van der Waals surface area contributed by atoms with Crippen LogP contribution in [0.3, 0.4) is 0 Å². The fourth-order valence-electron chi connectivity index (χ4n) is 1.93. The van der Waals surface area contributed by atoms with Gasteiger partial charge in [0.15, 0.2) is 4.91 Å². The molecule has 102 valence electrons. The molecule has 2 aromatic rings. The first kappa shape index (κ1) is 14.1. The van der Waals surface area contributed by atoms with Crippen molar-refractivity contribution in [3.63, 3.8) is 0 Å². The lowest BCUT2D eigenvalue weighted by molar-refractivity contribution is 0.603. The fraction of sp³-hybridized carbons (Fsp3) is 0.133. The first-order valence-electron chi connectivity index (χ1n) is 6.03. The quantitative estimate of drug-likeness (QED) is 0.881. The van der Waals surface area contributed by atoms with Gasteiger partial charge in [-0.25, -0.2) is 8.42 Å². The first-order chi connectivity index (χ1) is 9.45. The van der Waals surface area contributed by atoms with Crippen molar-refractivity contribution < 1.29 is 8.42 Å². The molecule has 0 atom stereocenters. The molecule has 1 N–H and O–H groups in total. The van der Waals surface area contributed by atoms with Gasteiger partial charge in [-0.05, 0) is 43.7 Å². The number of aromatic nitrogens is 1. The maximum Gasteiger partial charge on any atom is 0.216 e. The summed E-state index contributed by atoms with van der Waals surface area (Å²) in [4.78, 5) is 2.89. The highest BCUT2D eigenvalue weighted by molar-refractivity contribution is 7.95. The lowest BCUT2D eigenvalue weighted by atomic mass is 10.2. The summed E-state index contributed by atoms with van der Waals surface area (Å²) in [6.45, 7) is 3.74. The van der Waals surface area contributed by atoms with Crippen LogP contribution in [0.2, 0.25) is 0 Å². The van der Waals surface area contributed by atoms with Crippen LogP contribution in [0.15, 0.2) is 46.2 Å². The number of allylic oxidation sites excluding steroid dienone is 1. The molecule has 5 heteroatoms. The Hall–Kier alpha value is -2.32. The molecule has 1 heterocycles. The molecule has 0 bridgehead atoms. The molecule has 0 aliphatic rings. The van der Waals surface area contributed by atoms with Gasteiger partial charge < -0.3 is 4.98 Å². The van der Waals surface area contributed by atoms with E-state index in [1.165, 1.54) is 18.2 Å². The van der Waals surface area contributed by atoms with Crippen LogP contribution in [0.25, 0.3) is 6.08 Å². The second-order valence-electron chi connectivity index (χ2n) is 4.49. The highest BCUT2D eigenvalue weighted by Crippen LogP contribution is 2.22. The number of H-pyrrole nitrogens is 1. The Bertz CT molecular complexity index is 794. The third kappa shape index (κ3) is 2.65. The minimum absolute atomic E-state index is 0.119. The van der Waals surface area contributed by atoms with Gasteiger partial charge in [0.2, 0.25) is 9.84 Å². The molecule has 0 aliphatic carbocycles. The number of sulfone groups is 1. The molecule has 0 amide bonds. The Morgan fingerprint density at radius 3 is 2.40 bits per heavy atom. The van der Waals surface area contributed by atoms with Gasteiger partial charge in [-0.1, -0.05) is 18.2 Å². The zero-order chi connectivity index (χ0) is 14.8. The van der Waals surface area contributed by atoms with Crippen LogP contribution in [0, 0.1) is 25.2 Å². The second kappa shape index (κ2) is 5.35. The molecule has 0 saturated carbocycles. The highest BCUT2D eigenvalue weighted by atomic mass is 32.2. The summed E-state index contributed by atoms with van der Waals surface area (Å²) >= 11 is 0. The number of aromatic amines is 1. The summed E-state index contributed by atoms with van der Waals surface area (Å²) in [5, 5.41) is 9.17. The van der Waals surface area contributed by atoms with Crippen LogP contribution in [0.4, 0.5) is 0 Å². The Balaban J connectivity index is 2.54. The highest BCUT2D eigenvalue weighted by Gasteiger charge is 2.20. The van der Waals surface area contributed by atoms with E-state index in [-0.39, 0.29) is 9.80 Å². The van der Waals surface area contributed by atoms with Gasteiger partial charge >= 0.3 is 0 Å². The number of nitrogens with one attached hydrogen (secondary N) is 1. The fourth-order valence-corrected chi connectivity index (χ4v) is 3.09. The summed E-state index contributed by atoms with van der Waals surface area (Å²) in [6.07, 6.45) is 1.38. The monoisotopic (exact) mass is 286 g/mol. The van der Waals surface area contributed by atoms with Crippen LogP contribution >= 0.6 is 0 Å². The van der Waals surface area contributed by atoms with E-state index in [9.17, 15) is 13.7 Å². The van der Waals surface area contributed by atoms with Crippen LogP contribution in [-0.4, -0.2) is 13.4 Å². The van der Waals surface area contributed by atoms with E-state index in [1.54, 1.807) is 24.3 Å². The zero-order valence-electron chi connectivity index (χ0n) is 11.2. The molecule has 4 nitrogen and oxygen atoms in total. The summed E-state index contributed by atoms with van der Waals surface area (Å²) in [7, 11) is -3.78. The second-order valence-corrected chi connectivity index (χ2v) is 6.40. The Labute approximate surface area is 118 Å². The first-order valence-corrected chi connectivity index (χ1v) is 7.51. The number of nitriles is 1. The van der Waals surface area contributed by atoms with Crippen molar-refractivity contribution in [3.8, 4) is 6.07 Å². The van der Waals surface area contributed by atoms with Gasteiger partial charge in [-0.15, -0.1) is 0 Å². The summed E-state index contributed by atoms with van der Waals surface area (Å²) < 4.78 is 24.8. The van der Waals surface area contributed by atoms with Gasteiger partial charge in [-0.3, -0.25) is 0 Å². The lowest BCUT2D eigenvalue weighted by Gasteiger charge is -2.02. The van der Waals surface area contributed by atoms with E-state index in [0.717, 1.165) is 11.3 Å². The zero-order valence-corrected chi connectivity index (χ0v) is 12.0. The average Bonchev–Trinajstić information content (AvgIpc) is 2.75. The molecule has 0 radical (unpaired) electrons. The summed E-state index contributed by atoms with van der Waals surface area (Å²) in [5.41, 5.74) is 2.46. The smallest absolute Gasteiger partial charge is 0.216 e. The van der Waals surface area contributed by atoms with E-state index in [0.29, 0.717) is 5.69 Å². The third-order valence-corrected chi connectivity index (χ3v) is 4.60. The minimum Gasteiger partial charge on any atom is -0.359 e. The molecule has 1 aromatic carbocycles. The molecule has 0 saturated heterocycles. The Kier molecular flexibility index (Phi) is 3.77. The van der Waals surface area contributed by atoms with Crippen molar-refractivity contribution in [1.82, 2.24) is 4.98 Å². The van der Waals surface area contributed by atoms with Crippen molar-refractivity contribution in [2.45, 2.75) is 18.7 Å². The topological polar surface area (TPSA) is 73.7 Å². The standard InChI is InChI=1S/C15H14N2O2S/c1-11-8-12(2)17-15(11)9-14(10-16)20(18,19)13-6-4-3-5-7-13/h3-9,17H,1-2H3/b14-9-. The van der Waals surface area contributed by atoms with Crippen LogP contribution < -0.4 is 0 Å². The minimum atomic E-state index is -3.78. The van der Waals surface area contributed by atoms with Gasteiger partial charge in [0.25, 0.3) is 0 Å². The molecule has 0 fully saturated rings. The van der Waals surface area contributed by atoms with E-state index >= 15 is 0 Å². The van der Waals surface area contributed by atoms with Crippen LogP contribution in [-0.2, 0) is 9.84 Å². The number of benzene rings is 1. The molecule has 0 aliphatic heterocycles. The molecular weight excluding hydrogens is 272 g/mol. The van der Waals surface area contributed by atoms with Crippen molar-refractivity contribution in [3.05, 3.63) is 58.3 Å². The molecule has 2 rings (SSSR count). The molecule has 20 heavy (non-hydrogen) atoms. The van der Waals surface area contributed by atoms with E-state index in [2.05, 4.69) is 4.98 Å². The third-order valence-electron chi connectivity index (χ3n) is 2.92. The maximum atomic E-state index is 12.4. The summed E-state index contributed by atoms with van der Waals surface area (Å²) in [5.74, 6) is 0. The maximum absolute atomic E-state index is 12.4. The molecule has 1 aromatic heterocycles. The number of aryl methyl sites for hydroxylation is 2. The van der Waals surface area contributed by atoms with E-state index < -0.39 is 9.84 Å². The predicted octanol–water partition coefficient (Wildman–Crippen LogP) is 2.97. The van der Waals surface area contributed by atoms with E-state index in [1.807, 2.05) is 19.9 Å². The van der Waals surface area contributed by atoms with Crippen molar-refractivity contribution in [2.75, 3.05) is 0 Å². The number of hydrogen-bond acceptors (Lipinski definition) is 3. The average molecular weight is 286 g/mol. The van der Waals surface area contributed by atoms with Crippen molar-refractivity contribution in [1.29, 1.82) is 5.26 Å². The summed E-state index contributed by atoms with van der Waals surface area (Å²) in [6, 6.07) is 11.6. The molecular formula is C15H14N2O2S. The molecule has 0 spiro atoms. The van der Waals surface area contributed by atoms with Crippen LogP contribution in [0.1, 0.15) is 17.0 Å². The number of hydrogen-bond donors (Lipinski definition) is 1. The predicted molar refractivity (Wildman–Crippen MR) is 77.5 cm³/mol. The normalized spacial score (nSPS) is 12.2. The van der Waals surface area contributed by atoms with Gasteiger partial charge in [0.05, 0.1) is 4.90 Å². The number of rotatable bonds is 3. The van der Waals surface area contributed by atoms with Crippen molar-refractivity contribution in [2.24, 2.45) is 0 Å². The Morgan fingerprint density at radius 1 is 1.25 bits per heavy atom. The number of nitrogens with zero attached hydrogens (tertiary/aromatic N) is 1. The van der Waals surface area contributed by atoms with Crippen molar-refractivity contribution >= 4 is 15.9 Å². The van der Waals surface area contributed by atoms with Gasteiger partial charge in [-0.2, -0.15) is 5.26 Å².